The molecule has 4 nitrogen and oxygen atoms in total. The van der Waals surface area contributed by atoms with Crippen molar-refractivity contribution < 1.29 is 9.18 Å². The minimum Gasteiger partial charge on any atom is -0.396 e. The fraction of sp³-hybridized carbons (Fsp3) is 0.500. The second kappa shape index (κ2) is 4.81. The first kappa shape index (κ1) is 12.4. The summed E-state index contributed by atoms with van der Waals surface area (Å²) >= 11 is 0. The van der Waals surface area contributed by atoms with Crippen molar-refractivity contribution in [2.24, 2.45) is 5.92 Å². The fourth-order valence-corrected chi connectivity index (χ4v) is 3.07. The van der Waals surface area contributed by atoms with Crippen LogP contribution in [0.5, 0.6) is 0 Å². The fourth-order valence-electron chi connectivity index (χ4n) is 3.07. The Morgan fingerprint density at radius 1 is 1.37 bits per heavy atom. The molecular weight excluding hydrogens is 245 g/mol. The summed E-state index contributed by atoms with van der Waals surface area (Å²) < 4.78 is 13.1. The van der Waals surface area contributed by atoms with E-state index in [1.807, 2.05) is 0 Å². The van der Waals surface area contributed by atoms with Gasteiger partial charge in [0, 0.05) is 18.2 Å². The summed E-state index contributed by atoms with van der Waals surface area (Å²) in [5.41, 5.74) is 5.93. The van der Waals surface area contributed by atoms with E-state index in [2.05, 4.69) is 10.2 Å². The van der Waals surface area contributed by atoms with Crippen LogP contribution in [-0.4, -0.2) is 36.5 Å². The van der Waals surface area contributed by atoms with Gasteiger partial charge in [-0.15, -0.1) is 0 Å². The van der Waals surface area contributed by atoms with Crippen LogP contribution in [0, 0.1) is 11.7 Å². The standard InChI is InChI=1S/C14H18FN3O/c15-11-2-1-10(7-12(11)16)14(19)17-13-8-18-5-3-9(13)4-6-18/h1-2,7,9,13H,3-6,8,16H2,(H,17,19). The molecule has 19 heavy (non-hydrogen) atoms. The van der Waals surface area contributed by atoms with E-state index in [4.69, 9.17) is 5.73 Å². The van der Waals surface area contributed by atoms with Crippen LogP contribution in [0.15, 0.2) is 18.2 Å². The molecule has 4 rings (SSSR count). The number of nitrogen functional groups attached to an aromatic ring is 1. The van der Waals surface area contributed by atoms with Gasteiger partial charge in [-0.1, -0.05) is 0 Å². The topological polar surface area (TPSA) is 58.4 Å². The largest absolute Gasteiger partial charge is 0.396 e. The summed E-state index contributed by atoms with van der Waals surface area (Å²) in [5, 5.41) is 3.05. The van der Waals surface area contributed by atoms with Gasteiger partial charge in [-0.2, -0.15) is 0 Å². The van der Waals surface area contributed by atoms with Gasteiger partial charge < -0.3 is 16.0 Å². The van der Waals surface area contributed by atoms with Gasteiger partial charge in [-0.25, -0.2) is 4.39 Å². The Labute approximate surface area is 111 Å². The van der Waals surface area contributed by atoms with Gasteiger partial charge in [-0.3, -0.25) is 4.79 Å². The number of nitrogens with one attached hydrogen (secondary N) is 1. The average molecular weight is 263 g/mol. The molecule has 3 aliphatic rings. The Balaban J connectivity index is 1.69. The molecule has 3 N–H and O–H groups in total. The highest BCUT2D eigenvalue weighted by atomic mass is 19.1. The van der Waals surface area contributed by atoms with Crippen molar-refractivity contribution in [2.45, 2.75) is 18.9 Å². The summed E-state index contributed by atoms with van der Waals surface area (Å²) in [4.78, 5) is 14.5. The molecule has 3 aliphatic heterocycles. The van der Waals surface area contributed by atoms with Gasteiger partial charge in [0.15, 0.2) is 0 Å². The highest BCUT2D eigenvalue weighted by Crippen LogP contribution is 2.27. The molecule has 1 aromatic rings. The average Bonchev–Trinajstić information content (AvgIpc) is 2.43. The molecule has 1 atom stereocenters. The zero-order valence-corrected chi connectivity index (χ0v) is 10.7. The maximum absolute atomic E-state index is 13.1. The smallest absolute Gasteiger partial charge is 0.251 e. The van der Waals surface area contributed by atoms with Crippen molar-refractivity contribution in [1.29, 1.82) is 0 Å². The number of nitrogens with two attached hydrogens (primary N) is 1. The molecule has 0 spiro atoms. The zero-order chi connectivity index (χ0) is 13.4. The van der Waals surface area contributed by atoms with E-state index >= 15 is 0 Å². The van der Waals surface area contributed by atoms with Crippen LogP contribution in [-0.2, 0) is 0 Å². The first-order valence-corrected chi connectivity index (χ1v) is 6.72. The highest BCUT2D eigenvalue weighted by molar-refractivity contribution is 5.95. The van der Waals surface area contributed by atoms with Crippen LogP contribution in [0.2, 0.25) is 0 Å². The quantitative estimate of drug-likeness (QED) is 0.789. The van der Waals surface area contributed by atoms with Crippen molar-refractivity contribution in [3.8, 4) is 0 Å². The lowest BCUT2D eigenvalue weighted by atomic mass is 9.84. The van der Waals surface area contributed by atoms with Crippen molar-refractivity contribution >= 4 is 11.6 Å². The van der Waals surface area contributed by atoms with E-state index in [0.717, 1.165) is 32.5 Å². The molecule has 0 radical (unpaired) electrons. The number of rotatable bonds is 2. The Bertz CT molecular complexity index is 497. The van der Waals surface area contributed by atoms with Crippen LogP contribution < -0.4 is 11.1 Å². The van der Waals surface area contributed by atoms with E-state index in [9.17, 15) is 9.18 Å². The summed E-state index contributed by atoms with van der Waals surface area (Å²) in [6, 6.07) is 4.32. The van der Waals surface area contributed by atoms with Crippen molar-refractivity contribution in [1.82, 2.24) is 10.2 Å². The van der Waals surface area contributed by atoms with Crippen molar-refractivity contribution in [2.75, 3.05) is 25.4 Å². The molecule has 3 fully saturated rings. The van der Waals surface area contributed by atoms with E-state index in [-0.39, 0.29) is 17.6 Å². The molecule has 1 unspecified atom stereocenters. The number of benzene rings is 1. The molecule has 0 saturated carbocycles. The maximum Gasteiger partial charge on any atom is 0.251 e. The highest BCUT2D eigenvalue weighted by Gasteiger charge is 2.34. The number of nitrogens with zero attached hydrogens (tertiary/aromatic N) is 1. The summed E-state index contributed by atoms with van der Waals surface area (Å²) in [6.45, 7) is 3.20. The first-order valence-electron chi connectivity index (χ1n) is 6.72. The minimum atomic E-state index is -0.487. The van der Waals surface area contributed by atoms with Crippen LogP contribution in [0.4, 0.5) is 10.1 Å². The normalized spacial score (nSPS) is 29.2. The number of fused-ring (bicyclic) bond motifs is 3. The second-order valence-electron chi connectivity index (χ2n) is 5.45. The molecule has 1 aromatic carbocycles. The minimum absolute atomic E-state index is 0.0153. The summed E-state index contributed by atoms with van der Waals surface area (Å²) in [5.74, 6) is -0.0726. The predicted octanol–water partition coefficient (Wildman–Crippen LogP) is 1.23. The van der Waals surface area contributed by atoms with Crippen LogP contribution in [0.25, 0.3) is 0 Å². The molecule has 0 aliphatic carbocycles. The van der Waals surface area contributed by atoms with Crippen molar-refractivity contribution in [3.63, 3.8) is 0 Å². The van der Waals surface area contributed by atoms with E-state index in [1.54, 1.807) is 0 Å². The lowest BCUT2D eigenvalue weighted by molar-refractivity contribution is 0.0620. The van der Waals surface area contributed by atoms with E-state index < -0.39 is 5.82 Å². The molecule has 0 aromatic heterocycles. The number of piperidine rings is 3. The maximum atomic E-state index is 13.1. The zero-order valence-electron chi connectivity index (χ0n) is 10.7. The Hall–Kier alpha value is -1.62. The third-order valence-electron chi connectivity index (χ3n) is 4.23. The van der Waals surface area contributed by atoms with Crippen LogP contribution >= 0.6 is 0 Å². The summed E-state index contributed by atoms with van der Waals surface area (Å²) in [6.07, 6.45) is 2.30. The monoisotopic (exact) mass is 263 g/mol. The number of carbonyl (C=O) groups excluding carboxylic acids is 1. The Morgan fingerprint density at radius 3 is 2.68 bits per heavy atom. The van der Waals surface area contributed by atoms with Crippen LogP contribution in [0.1, 0.15) is 23.2 Å². The lowest BCUT2D eigenvalue weighted by Gasteiger charge is -2.44. The van der Waals surface area contributed by atoms with Crippen LogP contribution in [0.3, 0.4) is 0 Å². The Kier molecular flexibility index (Phi) is 3.14. The van der Waals surface area contributed by atoms with Gasteiger partial charge in [0.25, 0.3) is 5.91 Å². The molecule has 3 saturated heterocycles. The number of carbonyl (C=O) groups is 1. The number of hydrogen-bond acceptors (Lipinski definition) is 3. The number of hydrogen-bond donors (Lipinski definition) is 2. The molecule has 1 amide bonds. The number of halogens is 1. The van der Waals surface area contributed by atoms with Gasteiger partial charge in [0.2, 0.25) is 0 Å². The van der Waals surface area contributed by atoms with E-state index in [1.165, 1.54) is 18.2 Å². The molecule has 3 heterocycles. The molecule has 2 bridgehead atoms. The number of anilines is 1. The first-order chi connectivity index (χ1) is 9.13. The molecule has 102 valence electrons. The third kappa shape index (κ3) is 2.42. The Morgan fingerprint density at radius 2 is 2.11 bits per heavy atom. The second-order valence-corrected chi connectivity index (χ2v) is 5.45. The SMILES string of the molecule is Nc1cc(C(=O)NC2CN3CCC2CC3)ccc1F. The van der Waals surface area contributed by atoms with Gasteiger partial charge in [0.05, 0.1) is 5.69 Å². The molecule has 5 heteroatoms. The van der Waals surface area contributed by atoms with Gasteiger partial charge >= 0.3 is 0 Å². The lowest BCUT2D eigenvalue weighted by Crippen LogP contribution is -2.57. The third-order valence-corrected chi connectivity index (χ3v) is 4.23. The van der Waals surface area contributed by atoms with Gasteiger partial charge in [0.1, 0.15) is 5.82 Å². The predicted molar refractivity (Wildman–Crippen MR) is 71.2 cm³/mol. The number of amides is 1. The summed E-state index contributed by atoms with van der Waals surface area (Å²) in [7, 11) is 0. The van der Waals surface area contributed by atoms with E-state index in [0.29, 0.717) is 11.5 Å². The molecular formula is C14H18FN3O. The van der Waals surface area contributed by atoms with Crippen molar-refractivity contribution in [3.05, 3.63) is 29.6 Å². The van der Waals surface area contributed by atoms with Gasteiger partial charge in [-0.05, 0) is 50.0 Å².